The molecule has 2 aromatic rings. The van der Waals surface area contributed by atoms with E-state index in [1.54, 1.807) is 13.8 Å². The minimum Gasteiger partial charge on any atom is -0.508 e. The Morgan fingerprint density at radius 2 is 1.15 bits per heavy atom. The molecule has 0 aliphatic carbocycles. The average molecular weight is 1480 g/mol. The third-order valence-corrected chi connectivity index (χ3v) is 18.6. The summed E-state index contributed by atoms with van der Waals surface area (Å²) in [5.74, 6) is -14.6. The Hall–Kier alpha value is -9.30. The van der Waals surface area contributed by atoms with Gasteiger partial charge in [0, 0.05) is 38.6 Å². The number of rotatable bonds is 36. The lowest BCUT2D eigenvalue weighted by Crippen LogP contribution is -2.62. The van der Waals surface area contributed by atoms with E-state index in [0.717, 1.165) is 43.9 Å². The number of fused-ring (bicyclic) bond motifs is 23. The molecule has 32 heteroatoms. The van der Waals surface area contributed by atoms with Crippen LogP contribution in [0.4, 0.5) is 0 Å². The maximum Gasteiger partial charge on any atom is 0.334 e. The number of nitrogens with one attached hydrogen (secondary N) is 9. The van der Waals surface area contributed by atoms with Crippen LogP contribution in [0.3, 0.4) is 0 Å². The molecule has 0 radical (unpaired) electrons. The maximum atomic E-state index is 14.8. The van der Waals surface area contributed by atoms with Gasteiger partial charge in [-0.3, -0.25) is 62.3 Å². The fraction of sp³-hybridized carbons (Fsp3) is 0.644. The number of esters is 1. The van der Waals surface area contributed by atoms with E-state index in [1.807, 2.05) is 0 Å². The molecular weight excluding hydrogens is 1360 g/mol. The third kappa shape index (κ3) is 31.5. The number of benzene rings is 2. The highest BCUT2D eigenvalue weighted by atomic mass is 16.5. The van der Waals surface area contributed by atoms with Crippen molar-refractivity contribution in [2.24, 2.45) is 23.3 Å². The van der Waals surface area contributed by atoms with Gasteiger partial charge in [-0.05, 0) is 118 Å². The molecule has 1 saturated heterocycles. The monoisotopic (exact) mass is 1480 g/mol. The minimum atomic E-state index is -1.98. The smallest absolute Gasteiger partial charge is 0.334 e. The summed E-state index contributed by atoms with van der Waals surface area (Å²) < 4.78 is 5.83. The van der Waals surface area contributed by atoms with Gasteiger partial charge in [-0.25, -0.2) is 4.79 Å². The fourth-order valence-corrected chi connectivity index (χ4v) is 12.2. The lowest BCUT2D eigenvalue weighted by atomic mass is 9.97. The Bertz CT molecular complexity index is 3230. The number of hydrogen-bond donors (Lipinski definition) is 16. The fourth-order valence-electron chi connectivity index (χ4n) is 12.2. The first-order valence-electron chi connectivity index (χ1n) is 36.7. The summed E-state index contributed by atoms with van der Waals surface area (Å²) in [5, 5.41) is 74.4. The zero-order valence-electron chi connectivity index (χ0n) is 61.3. The van der Waals surface area contributed by atoms with E-state index < -0.39 is 213 Å². The molecule has 0 unspecified atom stereocenters. The lowest BCUT2D eigenvalue weighted by molar-refractivity contribution is -0.143. The number of primary amides is 1. The zero-order valence-corrected chi connectivity index (χ0v) is 61.3. The molecule has 13 atom stereocenters. The summed E-state index contributed by atoms with van der Waals surface area (Å²) in [6, 6.07) is -4.81. The number of aromatic hydroxyl groups is 1. The van der Waals surface area contributed by atoms with E-state index in [-0.39, 0.29) is 68.7 Å². The molecule has 11 amide bonds. The van der Waals surface area contributed by atoms with E-state index >= 15 is 0 Å². The summed E-state index contributed by atoms with van der Waals surface area (Å²) >= 11 is 0. The van der Waals surface area contributed by atoms with Gasteiger partial charge < -0.3 is 94.5 Å². The Labute approximate surface area is 612 Å². The molecule has 0 saturated carbocycles. The van der Waals surface area contributed by atoms with Crippen LogP contribution in [-0.2, 0) is 80.0 Å². The number of hydrogen-bond acceptors (Lipinski definition) is 19. The van der Waals surface area contributed by atoms with Crippen molar-refractivity contribution in [1.29, 1.82) is 0 Å². The van der Waals surface area contributed by atoms with Crippen molar-refractivity contribution in [3.63, 3.8) is 0 Å². The van der Waals surface area contributed by atoms with Gasteiger partial charge in [-0.15, -0.1) is 0 Å². The van der Waals surface area contributed by atoms with Crippen molar-refractivity contribution in [2.75, 3.05) is 13.1 Å². The van der Waals surface area contributed by atoms with Crippen LogP contribution < -0.4 is 64.1 Å². The van der Waals surface area contributed by atoms with Crippen LogP contribution in [0, 0.1) is 11.8 Å². The SMILES string of the molecule is CC[C@@H]1NC(=O)[C@H](CCC(=O)O)NC(=O)[C@H]([C@@H](C)O)NC(=O)[C@@H](NC(=O)[C@H](CCCN)NC(=O)[C@@H](CCC(=O)O)NC(=O)C[C@H](O)CCCCCCCCCCC(C)C)Cc2ccc(cc2)OC(=O)[C@H]([C@H](C)CC)NC(=O)[C@H](Cc2ccc(O)cc2)NC(=O)[C@@H](CCC(N)=O)NC(=O)[C@@H]2CCCN2C1=O. The van der Waals surface area contributed by atoms with Crippen molar-refractivity contribution in [1.82, 2.24) is 52.8 Å². The Kier molecular flexibility index (Phi) is 38.4. The minimum absolute atomic E-state index is 0.0227. The topological polar surface area (TPSA) is 513 Å². The Balaban J connectivity index is 1.77. The predicted molar refractivity (Wildman–Crippen MR) is 383 cm³/mol. The summed E-state index contributed by atoms with van der Waals surface area (Å²) in [4.78, 5) is 195. The first kappa shape index (κ1) is 88.1. The van der Waals surface area contributed by atoms with E-state index in [1.165, 1.54) is 74.7 Å². The van der Waals surface area contributed by atoms with Crippen molar-refractivity contribution < 1.29 is 97.4 Å². The number of carbonyl (C=O) groups is 14. The molecule has 2 aromatic carbocycles. The number of aliphatic hydroxyl groups is 2. The van der Waals surface area contributed by atoms with Crippen LogP contribution >= 0.6 is 0 Å². The highest BCUT2D eigenvalue weighted by Gasteiger charge is 2.42. The molecule has 32 nitrogen and oxygen atoms in total. The molecule has 3 aliphatic rings. The number of aliphatic carboxylic acids is 2. The van der Waals surface area contributed by atoms with E-state index in [2.05, 4.69) is 61.7 Å². The highest BCUT2D eigenvalue weighted by Crippen LogP contribution is 2.23. The van der Waals surface area contributed by atoms with Crippen LogP contribution in [0.1, 0.15) is 200 Å². The number of carboxylic acid groups (broad SMARTS) is 2. The van der Waals surface area contributed by atoms with Crippen molar-refractivity contribution in [3.05, 3.63) is 59.7 Å². The standard InChI is InChI=1S/C73H112N12O20/c1-7-43(5)62-73(104)105-49-29-25-46(26-30-49)40-56(81-64(95)51(21-17-37-74)78-65(96)52(32-35-60(91)92)76-59(90)41-48(88)20-16-14-12-10-9-11-13-15-19-42(3)4)69(100)84-63(44(6)86)71(102)80-54(33-36-61(93)94)66(97)77-50(8-2)72(103)85-38-18-22-57(85)70(101)79-53(31-34-58(75)89)67(98)82-55(68(99)83-62)39-45-23-27-47(87)28-24-45/h23-30,42-44,48,50-57,62-63,86-88H,7-22,31-41,74H2,1-6H3,(H2,75,89)(H,76,90)(H,77,97)(H,78,96)(H,79,101)(H,80,102)(H,81,95)(H,82,98)(H,83,99)(H,84,100)(H,91,92)(H,93,94)/t43-,44-,48-,50+,51+,52-,53-,54+,55+,56+,57+,62+,63+/m1/s1. The number of phenols is 1. The summed E-state index contributed by atoms with van der Waals surface area (Å²) in [6.45, 7) is 10.3. The molecule has 3 heterocycles. The second kappa shape index (κ2) is 45.8. The van der Waals surface area contributed by atoms with Gasteiger partial charge in [-0.2, -0.15) is 0 Å². The van der Waals surface area contributed by atoms with Gasteiger partial charge in [0.15, 0.2) is 0 Å². The first-order chi connectivity index (χ1) is 49.8. The van der Waals surface area contributed by atoms with E-state index in [9.17, 15) is 92.7 Å². The number of carbonyl (C=O) groups excluding carboxylic acids is 12. The number of unbranched alkanes of at least 4 members (excludes halogenated alkanes) is 7. The Morgan fingerprint density at radius 3 is 1.72 bits per heavy atom. The molecule has 3 aliphatic heterocycles. The molecule has 105 heavy (non-hydrogen) atoms. The number of amides is 11. The molecule has 2 bridgehead atoms. The molecule has 18 N–H and O–H groups in total. The summed E-state index contributed by atoms with van der Waals surface area (Å²) in [7, 11) is 0. The molecule has 584 valence electrons. The molecule has 0 aromatic heterocycles. The van der Waals surface area contributed by atoms with Crippen molar-refractivity contribution in [3.8, 4) is 11.5 Å². The van der Waals surface area contributed by atoms with Crippen LogP contribution in [0.2, 0.25) is 0 Å². The van der Waals surface area contributed by atoms with Crippen LogP contribution in [0.25, 0.3) is 0 Å². The second-order valence-electron chi connectivity index (χ2n) is 27.8. The maximum absolute atomic E-state index is 14.8. The number of nitrogens with two attached hydrogens (primary N) is 2. The molecular formula is C73H112N12O20. The van der Waals surface area contributed by atoms with Crippen molar-refractivity contribution in [2.45, 2.75) is 275 Å². The average Bonchev–Trinajstić information content (AvgIpc) is 1.82. The number of carboxylic acids is 2. The second-order valence-corrected chi connectivity index (χ2v) is 27.8. The van der Waals surface area contributed by atoms with Crippen molar-refractivity contribution >= 4 is 82.9 Å². The molecule has 0 spiro atoms. The van der Waals surface area contributed by atoms with Gasteiger partial charge in [0.25, 0.3) is 0 Å². The quantitative estimate of drug-likeness (QED) is 0.0198. The van der Waals surface area contributed by atoms with Gasteiger partial charge in [0.05, 0.1) is 18.6 Å². The molecule has 5 rings (SSSR count). The predicted octanol–water partition coefficient (Wildman–Crippen LogP) is 1.33. The van der Waals surface area contributed by atoms with Gasteiger partial charge in [-0.1, -0.05) is 123 Å². The lowest BCUT2D eigenvalue weighted by Gasteiger charge is -2.31. The van der Waals surface area contributed by atoms with Gasteiger partial charge in [0.1, 0.15) is 71.9 Å². The summed E-state index contributed by atoms with van der Waals surface area (Å²) in [6.07, 6.45) is 2.67. The number of aliphatic hydroxyl groups excluding tert-OH is 2. The number of ether oxygens (including phenoxy) is 1. The van der Waals surface area contributed by atoms with Gasteiger partial charge in [0.2, 0.25) is 65.0 Å². The third-order valence-electron chi connectivity index (χ3n) is 18.6. The Morgan fingerprint density at radius 1 is 0.600 bits per heavy atom. The zero-order chi connectivity index (χ0) is 77.9. The van der Waals surface area contributed by atoms with Crippen LogP contribution in [0.5, 0.6) is 11.5 Å². The summed E-state index contributed by atoms with van der Waals surface area (Å²) in [5.41, 5.74) is 12.0. The van der Waals surface area contributed by atoms with Crippen LogP contribution in [0.15, 0.2) is 48.5 Å². The largest absolute Gasteiger partial charge is 0.508 e. The van der Waals surface area contributed by atoms with E-state index in [0.29, 0.717) is 30.7 Å². The first-order valence-corrected chi connectivity index (χ1v) is 36.7. The number of nitrogens with zero attached hydrogens (tertiary/aromatic N) is 1. The highest BCUT2D eigenvalue weighted by molar-refractivity contribution is 5.99. The van der Waals surface area contributed by atoms with Crippen LogP contribution in [-0.4, -0.2) is 199 Å². The molecule has 1 fully saturated rings. The normalized spacial score (nSPS) is 21.9. The number of phenolic OH excluding ortho intramolecular Hbond substituents is 1. The van der Waals surface area contributed by atoms with E-state index in [4.69, 9.17) is 16.2 Å². The van der Waals surface area contributed by atoms with Gasteiger partial charge >= 0.3 is 17.9 Å².